The Hall–Kier alpha value is -2.01. The summed E-state index contributed by atoms with van der Waals surface area (Å²) in [5.41, 5.74) is 2.72. The maximum absolute atomic E-state index is 9.15. The van der Waals surface area contributed by atoms with Gasteiger partial charge in [0.05, 0.1) is 24.2 Å². The predicted octanol–water partition coefficient (Wildman–Crippen LogP) is 1.26. The number of aromatic nitrogens is 2. The van der Waals surface area contributed by atoms with Crippen LogP contribution in [-0.4, -0.2) is 22.4 Å². The molecule has 0 aliphatic heterocycles. The van der Waals surface area contributed by atoms with Crippen LogP contribution in [0.3, 0.4) is 0 Å². The van der Waals surface area contributed by atoms with Gasteiger partial charge in [-0.3, -0.25) is 5.10 Å². The van der Waals surface area contributed by atoms with Gasteiger partial charge < -0.3 is 15.7 Å². The van der Waals surface area contributed by atoms with E-state index in [0.717, 1.165) is 29.2 Å². The molecule has 1 aliphatic rings. The SMILES string of the molecule is CNC1=CC=CCC=C1Nc1[nH]ncc1CO. The van der Waals surface area contributed by atoms with Crippen molar-refractivity contribution >= 4 is 5.82 Å². The number of hydrogen-bond donors (Lipinski definition) is 4. The van der Waals surface area contributed by atoms with E-state index in [1.54, 1.807) is 6.20 Å². The zero-order valence-electron chi connectivity index (χ0n) is 9.70. The number of nitrogens with zero attached hydrogens (tertiary/aromatic N) is 1. The summed E-state index contributed by atoms with van der Waals surface area (Å²) in [6.45, 7) is -0.0387. The van der Waals surface area contributed by atoms with Crippen molar-refractivity contribution < 1.29 is 5.11 Å². The molecule has 5 nitrogen and oxygen atoms in total. The summed E-state index contributed by atoms with van der Waals surface area (Å²) in [6.07, 6.45) is 10.6. The van der Waals surface area contributed by atoms with E-state index >= 15 is 0 Å². The van der Waals surface area contributed by atoms with E-state index in [1.807, 2.05) is 19.2 Å². The number of allylic oxidation sites excluding steroid dienone is 4. The zero-order valence-corrected chi connectivity index (χ0v) is 9.70. The molecule has 1 aromatic rings. The molecule has 17 heavy (non-hydrogen) atoms. The Morgan fingerprint density at radius 2 is 2.35 bits per heavy atom. The van der Waals surface area contributed by atoms with Gasteiger partial charge in [0.1, 0.15) is 5.82 Å². The van der Waals surface area contributed by atoms with Gasteiger partial charge in [-0.2, -0.15) is 5.10 Å². The molecule has 90 valence electrons. The summed E-state index contributed by atoms with van der Waals surface area (Å²) in [5.74, 6) is 0.724. The Labute approximate surface area is 99.9 Å². The van der Waals surface area contributed by atoms with Crippen LogP contribution in [0.25, 0.3) is 0 Å². The molecule has 1 aromatic heterocycles. The minimum Gasteiger partial charge on any atom is -0.391 e. The third-order valence-electron chi connectivity index (χ3n) is 2.56. The lowest BCUT2D eigenvalue weighted by Gasteiger charge is -2.13. The van der Waals surface area contributed by atoms with Crippen LogP contribution in [0.1, 0.15) is 12.0 Å². The molecule has 1 heterocycles. The van der Waals surface area contributed by atoms with Gasteiger partial charge in [0.25, 0.3) is 0 Å². The average molecular weight is 232 g/mol. The third kappa shape index (κ3) is 2.57. The van der Waals surface area contributed by atoms with Crippen molar-refractivity contribution in [3.05, 3.63) is 47.5 Å². The van der Waals surface area contributed by atoms with Crippen LogP contribution in [-0.2, 0) is 6.61 Å². The summed E-state index contributed by atoms with van der Waals surface area (Å²) in [4.78, 5) is 0. The monoisotopic (exact) mass is 232 g/mol. The molecular weight excluding hydrogens is 216 g/mol. The smallest absolute Gasteiger partial charge is 0.131 e. The first-order chi connectivity index (χ1) is 8.35. The van der Waals surface area contributed by atoms with Crippen molar-refractivity contribution in [3.8, 4) is 0 Å². The van der Waals surface area contributed by atoms with E-state index < -0.39 is 0 Å². The molecule has 5 heteroatoms. The van der Waals surface area contributed by atoms with Crippen molar-refractivity contribution in [2.75, 3.05) is 12.4 Å². The van der Waals surface area contributed by atoms with Crippen LogP contribution in [0.2, 0.25) is 0 Å². The molecule has 0 bridgehead atoms. The molecule has 4 N–H and O–H groups in total. The molecule has 0 aromatic carbocycles. The number of aliphatic hydroxyl groups is 1. The summed E-state index contributed by atoms with van der Waals surface area (Å²) >= 11 is 0. The molecule has 1 aliphatic carbocycles. The summed E-state index contributed by atoms with van der Waals surface area (Å²) < 4.78 is 0. The predicted molar refractivity (Wildman–Crippen MR) is 67.1 cm³/mol. The van der Waals surface area contributed by atoms with E-state index in [0.29, 0.717) is 0 Å². The number of rotatable bonds is 4. The topological polar surface area (TPSA) is 73.0 Å². The first-order valence-corrected chi connectivity index (χ1v) is 5.50. The lowest BCUT2D eigenvalue weighted by atomic mass is 10.2. The highest BCUT2D eigenvalue weighted by Gasteiger charge is 2.09. The maximum atomic E-state index is 9.15. The molecular formula is C12H16N4O. The Morgan fingerprint density at radius 1 is 1.47 bits per heavy atom. The van der Waals surface area contributed by atoms with Gasteiger partial charge in [0.15, 0.2) is 0 Å². The standard InChI is InChI=1S/C12H16N4O/c1-13-10-5-3-2-4-6-11(10)15-12-9(8-17)7-14-16-12/h2-3,5-7,13,17H,4,8H2,1H3,(H2,14,15,16). The fourth-order valence-corrected chi connectivity index (χ4v) is 1.64. The fourth-order valence-electron chi connectivity index (χ4n) is 1.64. The summed E-state index contributed by atoms with van der Waals surface area (Å²) in [7, 11) is 1.88. The van der Waals surface area contributed by atoms with Crippen LogP contribution in [0.15, 0.2) is 41.9 Å². The van der Waals surface area contributed by atoms with Gasteiger partial charge in [-0.05, 0) is 12.5 Å². The second kappa shape index (κ2) is 5.36. The first kappa shape index (κ1) is 11.5. The van der Waals surface area contributed by atoms with E-state index in [4.69, 9.17) is 5.11 Å². The zero-order chi connectivity index (χ0) is 12.1. The van der Waals surface area contributed by atoms with Crippen molar-refractivity contribution in [2.24, 2.45) is 0 Å². The lowest BCUT2D eigenvalue weighted by Crippen LogP contribution is -2.14. The van der Waals surface area contributed by atoms with Gasteiger partial charge in [0.2, 0.25) is 0 Å². The Morgan fingerprint density at radius 3 is 3.12 bits per heavy atom. The average Bonchev–Trinajstić information content (AvgIpc) is 2.67. The minimum absolute atomic E-state index is 0.0387. The van der Waals surface area contributed by atoms with Crippen LogP contribution >= 0.6 is 0 Å². The van der Waals surface area contributed by atoms with Crippen molar-refractivity contribution in [1.82, 2.24) is 15.5 Å². The summed E-state index contributed by atoms with van der Waals surface area (Å²) in [6, 6.07) is 0. The molecule has 0 amide bonds. The number of likely N-dealkylation sites (N-methyl/N-ethyl adjacent to an activating group) is 1. The van der Waals surface area contributed by atoms with Gasteiger partial charge >= 0.3 is 0 Å². The first-order valence-electron chi connectivity index (χ1n) is 5.50. The third-order valence-corrected chi connectivity index (χ3v) is 2.56. The highest BCUT2D eigenvalue weighted by molar-refractivity contribution is 5.53. The number of aliphatic hydroxyl groups excluding tert-OH is 1. The molecule has 0 radical (unpaired) electrons. The quantitative estimate of drug-likeness (QED) is 0.630. The molecule has 2 rings (SSSR count). The largest absolute Gasteiger partial charge is 0.391 e. The van der Waals surface area contributed by atoms with Gasteiger partial charge in [0, 0.05) is 12.6 Å². The number of aromatic amines is 1. The molecule has 0 atom stereocenters. The van der Waals surface area contributed by atoms with Crippen LogP contribution < -0.4 is 10.6 Å². The van der Waals surface area contributed by atoms with Crippen LogP contribution in [0.5, 0.6) is 0 Å². The van der Waals surface area contributed by atoms with Gasteiger partial charge in [-0.1, -0.05) is 18.2 Å². The second-order valence-electron chi connectivity index (χ2n) is 3.67. The fraction of sp³-hybridized carbons (Fsp3) is 0.250. The van der Waals surface area contributed by atoms with Gasteiger partial charge in [-0.25, -0.2) is 0 Å². The summed E-state index contributed by atoms with van der Waals surface area (Å²) in [5, 5.41) is 22.2. The Kier molecular flexibility index (Phi) is 3.62. The number of H-pyrrole nitrogens is 1. The van der Waals surface area contributed by atoms with Crippen LogP contribution in [0.4, 0.5) is 5.82 Å². The molecule has 0 saturated carbocycles. The molecule has 0 spiro atoms. The Balaban J connectivity index is 2.20. The lowest BCUT2D eigenvalue weighted by molar-refractivity contribution is 0.282. The molecule has 0 unspecified atom stereocenters. The second-order valence-corrected chi connectivity index (χ2v) is 3.67. The Bertz CT molecular complexity index is 471. The van der Waals surface area contributed by atoms with Crippen molar-refractivity contribution in [2.45, 2.75) is 13.0 Å². The number of nitrogens with one attached hydrogen (secondary N) is 3. The highest BCUT2D eigenvalue weighted by atomic mass is 16.3. The minimum atomic E-state index is -0.0387. The van der Waals surface area contributed by atoms with Crippen molar-refractivity contribution in [1.29, 1.82) is 0 Å². The molecule has 0 saturated heterocycles. The molecule has 0 fully saturated rings. The van der Waals surface area contributed by atoms with Crippen LogP contribution in [0, 0.1) is 0 Å². The van der Waals surface area contributed by atoms with E-state index in [2.05, 4.69) is 33.0 Å². The van der Waals surface area contributed by atoms with Gasteiger partial charge in [-0.15, -0.1) is 0 Å². The number of hydrogen-bond acceptors (Lipinski definition) is 4. The highest BCUT2D eigenvalue weighted by Crippen LogP contribution is 2.18. The number of anilines is 1. The normalized spacial score (nSPS) is 14.9. The maximum Gasteiger partial charge on any atom is 0.131 e. The van der Waals surface area contributed by atoms with E-state index in [1.165, 1.54) is 0 Å². The van der Waals surface area contributed by atoms with E-state index in [-0.39, 0.29) is 6.61 Å². The van der Waals surface area contributed by atoms with Crippen molar-refractivity contribution in [3.63, 3.8) is 0 Å². The van der Waals surface area contributed by atoms with E-state index in [9.17, 15) is 0 Å².